The molecule has 1 saturated heterocycles. The molecule has 2 aromatic heterocycles. The summed E-state index contributed by atoms with van der Waals surface area (Å²) in [5, 5.41) is 11.9. The van der Waals surface area contributed by atoms with Crippen LogP contribution in [0.3, 0.4) is 0 Å². The van der Waals surface area contributed by atoms with Crippen LogP contribution in [0.25, 0.3) is 16.0 Å². The molecule has 1 unspecified atom stereocenters. The summed E-state index contributed by atoms with van der Waals surface area (Å²) in [4.78, 5) is 32.0. The van der Waals surface area contributed by atoms with E-state index in [0.29, 0.717) is 32.8 Å². The number of rotatable bonds is 3. The number of ketones is 1. The minimum Gasteiger partial charge on any atom is -0.507 e. The van der Waals surface area contributed by atoms with E-state index in [-0.39, 0.29) is 11.3 Å². The molecule has 1 amide bonds. The molecule has 0 spiro atoms. The Bertz CT molecular complexity index is 1370. The van der Waals surface area contributed by atoms with E-state index in [2.05, 4.69) is 4.98 Å². The number of hydrogen-bond donors (Lipinski definition) is 1. The predicted molar refractivity (Wildman–Crippen MR) is 119 cm³/mol. The molecule has 0 aliphatic carbocycles. The number of aliphatic hydroxyl groups is 1. The highest BCUT2D eigenvalue weighted by Crippen LogP contribution is 2.44. The van der Waals surface area contributed by atoms with Gasteiger partial charge in [-0.25, -0.2) is 4.98 Å². The molecule has 1 aliphatic rings. The number of furan rings is 1. The normalized spacial score (nSPS) is 18.3. The molecule has 154 valence electrons. The summed E-state index contributed by atoms with van der Waals surface area (Å²) >= 11 is 7.33. The van der Waals surface area contributed by atoms with Gasteiger partial charge in [0.25, 0.3) is 5.78 Å². The molecule has 31 heavy (non-hydrogen) atoms. The smallest absolute Gasteiger partial charge is 0.302 e. The van der Waals surface area contributed by atoms with Gasteiger partial charge >= 0.3 is 5.91 Å². The zero-order valence-electron chi connectivity index (χ0n) is 16.2. The molecule has 3 heterocycles. The molecule has 4 aromatic rings. The number of nitrogens with zero attached hydrogens (tertiary/aromatic N) is 2. The van der Waals surface area contributed by atoms with Gasteiger partial charge in [0.05, 0.1) is 15.8 Å². The van der Waals surface area contributed by atoms with E-state index in [1.54, 1.807) is 67.6 Å². The van der Waals surface area contributed by atoms with Gasteiger partial charge in [0, 0.05) is 10.6 Å². The Hall–Kier alpha value is -3.42. The van der Waals surface area contributed by atoms with Crippen molar-refractivity contribution in [3.63, 3.8) is 0 Å². The maximum absolute atomic E-state index is 13.1. The van der Waals surface area contributed by atoms with Gasteiger partial charge in [0.1, 0.15) is 23.3 Å². The average Bonchev–Trinajstić information content (AvgIpc) is 3.44. The van der Waals surface area contributed by atoms with Crippen LogP contribution in [0, 0.1) is 6.92 Å². The number of carbonyl (C=O) groups excluding carboxylic acids is 2. The average molecular weight is 451 g/mol. The first kappa shape index (κ1) is 19.5. The number of Topliss-reactive ketones (excluding diaryl/α,β-unsaturated/α-hetero) is 1. The van der Waals surface area contributed by atoms with Crippen molar-refractivity contribution in [2.75, 3.05) is 4.90 Å². The van der Waals surface area contributed by atoms with Crippen molar-refractivity contribution >= 4 is 55.7 Å². The summed E-state index contributed by atoms with van der Waals surface area (Å²) in [6.45, 7) is 1.77. The Morgan fingerprint density at radius 2 is 1.90 bits per heavy atom. The van der Waals surface area contributed by atoms with E-state index in [9.17, 15) is 14.7 Å². The number of carbonyl (C=O) groups is 2. The van der Waals surface area contributed by atoms with Crippen LogP contribution in [0.5, 0.6) is 0 Å². The second-order valence-electron chi connectivity index (χ2n) is 7.09. The number of aryl methyl sites for hydroxylation is 1. The van der Waals surface area contributed by atoms with Gasteiger partial charge in [-0.3, -0.25) is 14.5 Å². The summed E-state index contributed by atoms with van der Waals surface area (Å²) in [7, 11) is 0. The third kappa shape index (κ3) is 3.22. The lowest BCUT2D eigenvalue weighted by molar-refractivity contribution is -0.132. The fraction of sp³-hybridized carbons (Fsp3) is 0.0870. The molecule has 5 rings (SSSR count). The van der Waals surface area contributed by atoms with Crippen molar-refractivity contribution in [1.29, 1.82) is 0 Å². The van der Waals surface area contributed by atoms with Crippen molar-refractivity contribution in [3.8, 4) is 0 Å². The summed E-state index contributed by atoms with van der Waals surface area (Å²) in [6.07, 6.45) is 0. The Morgan fingerprint density at radius 3 is 2.61 bits per heavy atom. The fourth-order valence-electron chi connectivity index (χ4n) is 3.64. The molecule has 0 radical (unpaired) electrons. The minimum atomic E-state index is -0.940. The first-order chi connectivity index (χ1) is 14.9. The van der Waals surface area contributed by atoms with Crippen molar-refractivity contribution in [2.45, 2.75) is 13.0 Å². The minimum absolute atomic E-state index is 0.0390. The van der Waals surface area contributed by atoms with Gasteiger partial charge in [-0.15, -0.1) is 0 Å². The molecule has 6 nitrogen and oxygen atoms in total. The number of amides is 1. The molecule has 0 saturated carbocycles. The zero-order chi connectivity index (χ0) is 21.7. The predicted octanol–water partition coefficient (Wildman–Crippen LogP) is 5.48. The molecule has 1 aliphatic heterocycles. The van der Waals surface area contributed by atoms with Gasteiger partial charge in [0.15, 0.2) is 5.13 Å². The lowest BCUT2D eigenvalue weighted by Gasteiger charge is -2.20. The van der Waals surface area contributed by atoms with Crippen LogP contribution in [-0.4, -0.2) is 21.8 Å². The molecular weight excluding hydrogens is 436 g/mol. The number of halogens is 1. The van der Waals surface area contributed by atoms with Crippen LogP contribution in [0.1, 0.15) is 23.1 Å². The third-order valence-corrected chi connectivity index (χ3v) is 6.32. The highest BCUT2D eigenvalue weighted by atomic mass is 35.5. The summed E-state index contributed by atoms with van der Waals surface area (Å²) in [5.74, 6) is -0.841. The summed E-state index contributed by atoms with van der Waals surface area (Å²) in [5.41, 5.74) is 1.05. The lowest BCUT2D eigenvalue weighted by atomic mass is 9.99. The van der Waals surface area contributed by atoms with E-state index < -0.39 is 17.7 Å². The molecule has 1 atom stereocenters. The van der Waals surface area contributed by atoms with Crippen molar-refractivity contribution in [2.24, 2.45) is 0 Å². The molecular formula is C23H15ClN2O4S. The molecule has 1 fully saturated rings. The summed E-state index contributed by atoms with van der Waals surface area (Å²) < 4.78 is 6.57. The number of aliphatic hydroxyl groups excluding tert-OH is 1. The van der Waals surface area contributed by atoms with Gasteiger partial charge in [-0.2, -0.15) is 0 Å². The number of thiazole rings is 1. The topological polar surface area (TPSA) is 83.6 Å². The fourth-order valence-corrected chi connectivity index (χ4v) is 4.91. The van der Waals surface area contributed by atoms with E-state index in [1.165, 1.54) is 16.2 Å². The Balaban J connectivity index is 1.73. The second-order valence-corrected chi connectivity index (χ2v) is 8.54. The molecule has 2 aromatic carbocycles. The van der Waals surface area contributed by atoms with E-state index in [0.717, 1.165) is 4.70 Å². The van der Waals surface area contributed by atoms with Crippen LogP contribution < -0.4 is 4.90 Å². The van der Waals surface area contributed by atoms with E-state index >= 15 is 0 Å². The third-order valence-electron chi connectivity index (χ3n) is 5.07. The van der Waals surface area contributed by atoms with Crippen LogP contribution in [-0.2, 0) is 9.59 Å². The molecule has 0 bridgehead atoms. The Labute approximate surface area is 186 Å². The number of benzene rings is 2. The van der Waals surface area contributed by atoms with Gasteiger partial charge in [0.2, 0.25) is 0 Å². The van der Waals surface area contributed by atoms with Gasteiger partial charge in [-0.05, 0) is 37.3 Å². The first-order valence-corrected chi connectivity index (χ1v) is 10.6. The van der Waals surface area contributed by atoms with Crippen LogP contribution in [0.15, 0.2) is 70.7 Å². The van der Waals surface area contributed by atoms with Gasteiger partial charge < -0.3 is 9.52 Å². The highest BCUT2D eigenvalue weighted by molar-refractivity contribution is 7.22. The van der Waals surface area contributed by atoms with Crippen LogP contribution >= 0.6 is 22.9 Å². The standard InChI is InChI=1S/C23H15ClN2O4S/c1-12-7-10-16(30-12)19-18(20(27)13-5-3-2-4-6-13)21(28)22(29)26(19)23-25-15-9-8-14(24)11-17(15)31-23/h2-11,19,27H,1H3/b20-18+. The first-order valence-electron chi connectivity index (χ1n) is 9.43. The largest absolute Gasteiger partial charge is 0.507 e. The highest BCUT2D eigenvalue weighted by Gasteiger charge is 2.49. The second kappa shape index (κ2) is 7.37. The van der Waals surface area contributed by atoms with E-state index in [1.807, 2.05) is 0 Å². The zero-order valence-corrected chi connectivity index (χ0v) is 17.8. The monoisotopic (exact) mass is 450 g/mol. The lowest BCUT2D eigenvalue weighted by Crippen LogP contribution is -2.29. The maximum atomic E-state index is 13.1. The van der Waals surface area contributed by atoms with Crippen LogP contribution in [0.2, 0.25) is 5.02 Å². The molecule has 1 N–H and O–H groups in total. The van der Waals surface area contributed by atoms with E-state index in [4.69, 9.17) is 16.0 Å². The number of hydrogen-bond acceptors (Lipinski definition) is 6. The summed E-state index contributed by atoms with van der Waals surface area (Å²) in [6, 6.07) is 16.4. The maximum Gasteiger partial charge on any atom is 0.302 e. The Kier molecular flexibility index (Phi) is 4.64. The van der Waals surface area contributed by atoms with Crippen molar-refractivity contribution < 1.29 is 19.1 Å². The molecule has 8 heteroatoms. The number of aromatic nitrogens is 1. The Morgan fingerprint density at radius 1 is 1.13 bits per heavy atom. The van der Waals surface area contributed by atoms with Gasteiger partial charge in [-0.1, -0.05) is 53.3 Å². The van der Waals surface area contributed by atoms with Crippen molar-refractivity contribution in [1.82, 2.24) is 4.98 Å². The quantitative estimate of drug-likeness (QED) is 0.254. The SMILES string of the molecule is Cc1ccc(C2/C(=C(\O)c3ccccc3)C(=O)C(=O)N2c2nc3ccc(Cl)cc3s2)o1. The van der Waals surface area contributed by atoms with Crippen molar-refractivity contribution in [3.05, 3.63) is 88.3 Å². The number of fused-ring (bicyclic) bond motifs is 1. The van der Waals surface area contributed by atoms with Crippen LogP contribution in [0.4, 0.5) is 5.13 Å². The number of anilines is 1.